The first-order valence-electron chi connectivity index (χ1n) is 5.92. The van der Waals surface area contributed by atoms with Gasteiger partial charge >= 0.3 is 0 Å². The summed E-state index contributed by atoms with van der Waals surface area (Å²) < 4.78 is 0. The van der Waals surface area contributed by atoms with E-state index >= 15 is 0 Å². The van der Waals surface area contributed by atoms with Crippen LogP contribution < -0.4 is 0 Å². The standard InChI is InChI=1S/C14H17ClO/c1-11-5-7-12(8-6-11)14(13(15)16)9-3-2-4-10-14/h5-8H,2-4,9-10H2,1H3. The first kappa shape index (κ1) is 11.7. The van der Waals surface area contributed by atoms with Crippen LogP contribution in [-0.2, 0) is 10.2 Å². The number of rotatable bonds is 2. The molecule has 0 unspecified atom stereocenters. The lowest BCUT2D eigenvalue weighted by atomic mass is 9.70. The first-order chi connectivity index (χ1) is 7.65. The van der Waals surface area contributed by atoms with Gasteiger partial charge < -0.3 is 0 Å². The summed E-state index contributed by atoms with van der Waals surface area (Å²) >= 11 is 5.85. The molecule has 1 nitrogen and oxygen atoms in total. The summed E-state index contributed by atoms with van der Waals surface area (Å²) in [5.41, 5.74) is 1.91. The Labute approximate surface area is 102 Å². The molecular weight excluding hydrogens is 220 g/mol. The van der Waals surface area contributed by atoms with E-state index in [-0.39, 0.29) is 5.24 Å². The molecule has 0 saturated heterocycles. The molecule has 86 valence electrons. The van der Waals surface area contributed by atoms with Crippen LogP contribution in [0.15, 0.2) is 24.3 Å². The Balaban J connectivity index is 2.38. The Kier molecular flexibility index (Phi) is 3.34. The number of carbonyl (C=O) groups excluding carboxylic acids is 1. The molecule has 2 heteroatoms. The molecular formula is C14H17ClO. The van der Waals surface area contributed by atoms with Crippen LogP contribution in [0.5, 0.6) is 0 Å². The first-order valence-corrected chi connectivity index (χ1v) is 6.30. The maximum absolute atomic E-state index is 11.8. The fourth-order valence-corrected chi connectivity index (χ4v) is 2.92. The van der Waals surface area contributed by atoms with E-state index in [1.807, 2.05) is 0 Å². The predicted molar refractivity (Wildman–Crippen MR) is 66.8 cm³/mol. The third kappa shape index (κ3) is 2.01. The zero-order valence-corrected chi connectivity index (χ0v) is 10.4. The number of hydrogen-bond acceptors (Lipinski definition) is 1. The van der Waals surface area contributed by atoms with Crippen molar-refractivity contribution >= 4 is 16.8 Å². The average Bonchev–Trinajstić information content (AvgIpc) is 2.30. The van der Waals surface area contributed by atoms with E-state index in [1.165, 1.54) is 12.0 Å². The second-order valence-corrected chi connectivity index (χ2v) is 5.13. The van der Waals surface area contributed by atoms with Gasteiger partial charge in [0.15, 0.2) is 0 Å². The quantitative estimate of drug-likeness (QED) is 0.711. The van der Waals surface area contributed by atoms with Crippen LogP contribution in [0.2, 0.25) is 0 Å². The van der Waals surface area contributed by atoms with Crippen molar-refractivity contribution in [1.82, 2.24) is 0 Å². The van der Waals surface area contributed by atoms with Gasteiger partial charge in [0.05, 0.1) is 5.41 Å². The van der Waals surface area contributed by atoms with Gasteiger partial charge in [-0.05, 0) is 36.9 Å². The maximum Gasteiger partial charge on any atom is 0.232 e. The Morgan fingerprint density at radius 2 is 1.69 bits per heavy atom. The van der Waals surface area contributed by atoms with E-state index in [0.717, 1.165) is 31.2 Å². The number of hydrogen-bond donors (Lipinski definition) is 0. The van der Waals surface area contributed by atoms with E-state index in [1.54, 1.807) is 0 Å². The lowest BCUT2D eigenvalue weighted by Crippen LogP contribution is -2.35. The van der Waals surface area contributed by atoms with Crippen molar-refractivity contribution in [1.29, 1.82) is 0 Å². The molecule has 0 atom stereocenters. The number of halogens is 1. The summed E-state index contributed by atoms with van der Waals surface area (Å²) in [7, 11) is 0. The molecule has 0 aliphatic heterocycles. The fourth-order valence-electron chi connectivity index (χ4n) is 2.63. The second-order valence-electron chi connectivity index (χ2n) is 4.78. The van der Waals surface area contributed by atoms with Gasteiger partial charge in [-0.3, -0.25) is 4.79 Å². The summed E-state index contributed by atoms with van der Waals surface area (Å²) in [4.78, 5) is 11.8. The normalized spacial score (nSPS) is 19.4. The summed E-state index contributed by atoms with van der Waals surface area (Å²) in [6.07, 6.45) is 5.23. The summed E-state index contributed by atoms with van der Waals surface area (Å²) in [6.45, 7) is 2.06. The summed E-state index contributed by atoms with van der Waals surface area (Å²) in [6, 6.07) is 8.24. The van der Waals surface area contributed by atoms with Gasteiger partial charge in [-0.25, -0.2) is 0 Å². The molecule has 1 aliphatic rings. The third-order valence-corrected chi connectivity index (χ3v) is 4.05. The molecule has 0 amide bonds. The van der Waals surface area contributed by atoms with E-state index in [0.29, 0.717) is 0 Å². The van der Waals surface area contributed by atoms with Gasteiger partial charge in [0, 0.05) is 0 Å². The second kappa shape index (κ2) is 4.58. The topological polar surface area (TPSA) is 17.1 Å². The van der Waals surface area contributed by atoms with Gasteiger partial charge in [-0.2, -0.15) is 0 Å². The molecule has 0 N–H and O–H groups in total. The fraction of sp³-hybridized carbons (Fsp3) is 0.500. The molecule has 2 rings (SSSR count). The molecule has 16 heavy (non-hydrogen) atoms. The highest BCUT2D eigenvalue weighted by Gasteiger charge is 2.39. The molecule has 0 radical (unpaired) electrons. The lowest BCUT2D eigenvalue weighted by Gasteiger charge is -2.34. The van der Waals surface area contributed by atoms with Crippen molar-refractivity contribution in [3.05, 3.63) is 35.4 Å². The number of aryl methyl sites for hydroxylation is 1. The van der Waals surface area contributed by atoms with E-state index in [2.05, 4.69) is 31.2 Å². The van der Waals surface area contributed by atoms with Crippen molar-refractivity contribution in [2.75, 3.05) is 0 Å². The van der Waals surface area contributed by atoms with Crippen LogP contribution in [0, 0.1) is 6.92 Å². The highest BCUT2D eigenvalue weighted by atomic mass is 35.5. The molecule has 1 aromatic carbocycles. The smallest absolute Gasteiger partial charge is 0.232 e. The van der Waals surface area contributed by atoms with Crippen molar-refractivity contribution in [2.24, 2.45) is 0 Å². The van der Waals surface area contributed by atoms with E-state index in [4.69, 9.17) is 11.6 Å². The van der Waals surface area contributed by atoms with Crippen LogP contribution in [0.3, 0.4) is 0 Å². The zero-order valence-electron chi connectivity index (χ0n) is 9.63. The van der Waals surface area contributed by atoms with Crippen LogP contribution >= 0.6 is 11.6 Å². The van der Waals surface area contributed by atoms with Crippen molar-refractivity contribution < 1.29 is 4.79 Å². The highest BCUT2D eigenvalue weighted by molar-refractivity contribution is 6.65. The van der Waals surface area contributed by atoms with E-state index in [9.17, 15) is 4.79 Å². The Morgan fingerprint density at radius 3 is 2.19 bits per heavy atom. The third-order valence-electron chi connectivity index (χ3n) is 3.69. The lowest BCUT2D eigenvalue weighted by molar-refractivity contribution is -0.117. The molecule has 1 fully saturated rings. The highest BCUT2D eigenvalue weighted by Crippen LogP contribution is 2.41. The zero-order chi connectivity index (χ0) is 11.6. The molecule has 1 aromatic rings. The van der Waals surface area contributed by atoms with Crippen molar-refractivity contribution in [2.45, 2.75) is 44.4 Å². The molecule has 1 saturated carbocycles. The van der Waals surface area contributed by atoms with Gasteiger partial charge in [-0.15, -0.1) is 0 Å². The Hall–Kier alpha value is -0.820. The van der Waals surface area contributed by atoms with Crippen LogP contribution in [-0.4, -0.2) is 5.24 Å². The summed E-state index contributed by atoms with van der Waals surface area (Å²) in [5.74, 6) is 0. The van der Waals surface area contributed by atoms with Crippen LogP contribution in [0.25, 0.3) is 0 Å². The molecule has 0 bridgehead atoms. The van der Waals surface area contributed by atoms with Crippen molar-refractivity contribution in [3.8, 4) is 0 Å². The van der Waals surface area contributed by atoms with E-state index < -0.39 is 5.41 Å². The average molecular weight is 237 g/mol. The minimum Gasteiger partial charge on any atom is -0.280 e. The van der Waals surface area contributed by atoms with Gasteiger partial charge in [0.1, 0.15) is 0 Å². The monoisotopic (exact) mass is 236 g/mol. The van der Waals surface area contributed by atoms with Crippen LogP contribution in [0.4, 0.5) is 0 Å². The van der Waals surface area contributed by atoms with Crippen molar-refractivity contribution in [3.63, 3.8) is 0 Å². The summed E-state index contributed by atoms with van der Waals surface area (Å²) in [5, 5.41) is -0.184. The Morgan fingerprint density at radius 1 is 1.12 bits per heavy atom. The molecule has 0 heterocycles. The SMILES string of the molecule is Cc1ccc(C2(C(=O)Cl)CCCCC2)cc1. The minimum atomic E-state index is -0.409. The Bertz CT molecular complexity index is 374. The number of carbonyl (C=O) groups is 1. The predicted octanol–water partition coefficient (Wildman–Crippen LogP) is 3.96. The van der Waals surface area contributed by atoms with Gasteiger partial charge in [0.2, 0.25) is 5.24 Å². The molecule has 0 aromatic heterocycles. The maximum atomic E-state index is 11.8. The molecule has 1 aliphatic carbocycles. The van der Waals surface area contributed by atoms with Crippen LogP contribution in [0.1, 0.15) is 43.2 Å². The van der Waals surface area contributed by atoms with Gasteiger partial charge in [-0.1, -0.05) is 49.1 Å². The largest absolute Gasteiger partial charge is 0.280 e. The number of benzene rings is 1. The molecule has 0 spiro atoms. The van der Waals surface area contributed by atoms with Gasteiger partial charge in [0.25, 0.3) is 0 Å². The minimum absolute atomic E-state index is 0.184.